The van der Waals surface area contributed by atoms with Crippen molar-refractivity contribution in [2.75, 3.05) is 26.4 Å². The van der Waals surface area contributed by atoms with Crippen LogP contribution in [0.3, 0.4) is 0 Å². The molecular weight excluding hydrogens is 928 g/mol. The average molecular weight is 1040 g/mol. The zero-order valence-corrected chi connectivity index (χ0v) is 47.0. The van der Waals surface area contributed by atoms with E-state index in [2.05, 4.69) is 81.5 Å². The van der Waals surface area contributed by atoms with Crippen LogP contribution in [0, 0.1) is 0 Å². The molecule has 0 aromatic heterocycles. The number of allylic oxidation sites excluding steroid dienone is 10. The Labute approximate surface area is 440 Å². The van der Waals surface area contributed by atoms with E-state index in [1.807, 2.05) is 0 Å². The van der Waals surface area contributed by atoms with Crippen LogP contribution in [0.1, 0.15) is 265 Å². The van der Waals surface area contributed by atoms with Gasteiger partial charge >= 0.3 is 25.7 Å². The number of hydrogen-bond acceptors (Lipinski definition) is 10. The van der Waals surface area contributed by atoms with Crippen LogP contribution in [0.15, 0.2) is 60.8 Å². The molecule has 0 amide bonds. The summed E-state index contributed by atoms with van der Waals surface area (Å²) in [4.78, 5) is 48.5. The molecule has 12 heteroatoms. The number of ether oxygens (including phenoxy) is 3. The first kappa shape index (κ1) is 69.2. The van der Waals surface area contributed by atoms with Crippen molar-refractivity contribution < 1.29 is 52.2 Å². The summed E-state index contributed by atoms with van der Waals surface area (Å²) in [5.41, 5.74) is 0. The molecule has 3 unspecified atom stereocenters. The second kappa shape index (κ2) is 54.4. The summed E-state index contributed by atoms with van der Waals surface area (Å²) in [5, 5.41) is 9.80. The molecule has 0 fully saturated rings. The van der Waals surface area contributed by atoms with Crippen LogP contribution in [0.2, 0.25) is 0 Å². The molecule has 0 aliphatic heterocycles. The number of phosphoric ester groups is 1. The number of esters is 3. The van der Waals surface area contributed by atoms with Crippen molar-refractivity contribution in [3.8, 4) is 0 Å². The Hall–Kier alpha value is -2.82. The highest BCUT2D eigenvalue weighted by molar-refractivity contribution is 7.47. The highest BCUT2D eigenvalue weighted by atomic mass is 31.2. The van der Waals surface area contributed by atoms with Crippen LogP contribution in [0.5, 0.6) is 0 Å². The minimum Gasteiger partial charge on any atom is -0.462 e. The largest absolute Gasteiger partial charge is 0.472 e. The average Bonchev–Trinajstić information content (AvgIpc) is 3.37. The summed E-state index contributed by atoms with van der Waals surface area (Å²) >= 11 is 0. The van der Waals surface area contributed by atoms with E-state index in [1.54, 1.807) is 0 Å². The van der Waals surface area contributed by atoms with Gasteiger partial charge < -0.3 is 24.2 Å². The molecule has 2 N–H and O–H groups in total. The Kier molecular flexibility index (Phi) is 52.3. The van der Waals surface area contributed by atoms with Gasteiger partial charge in [0, 0.05) is 19.3 Å². The first-order valence-corrected chi connectivity index (χ1v) is 30.7. The molecular formula is C60H107O11P. The summed E-state index contributed by atoms with van der Waals surface area (Å²) < 4.78 is 39.5. The third-order valence-corrected chi connectivity index (χ3v) is 13.3. The Morgan fingerprint density at radius 2 is 0.708 bits per heavy atom. The number of hydrogen-bond donors (Lipinski definition) is 2. The van der Waals surface area contributed by atoms with Crippen molar-refractivity contribution in [1.29, 1.82) is 0 Å². The molecule has 0 aliphatic rings. The van der Waals surface area contributed by atoms with Crippen molar-refractivity contribution in [1.82, 2.24) is 0 Å². The molecule has 0 aromatic carbocycles. The van der Waals surface area contributed by atoms with Gasteiger partial charge in [0.25, 0.3) is 0 Å². The van der Waals surface area contributed by atoms with Crippen LogP contribution in [-0.2, 0) is 42.2 Å². The topological polar surface area (TPSA) is 155 Å². The monoisotopic (exact) mass is 1030 g/mol. The first-order chi connectivity index (χ1) is 35.2. The fourth-order valence-electron chi connectivity index (χ4n) is 7.89. The zero-order valence-electron chi connectivity index (χ0n) is 46.1. The van der Waals surface area contributed by atoms with E-state index in [1.165, 1.54) is 89.9 Å². The van der Waals surface area contributed by atoms with Crippen molar-refractivity contribution in [2.24, 2.45) is 0 Å². The predicted molar refractivity (Wildman–Crippen MR) is 298 cm³/mol. The summed E-state index contributed by atoms with van der Waals surface area (Å²) in [6.07, 6.45) is 58.9. The van der Waals surface area contributed by atoms with E-state index in [0.29, 0.717) is 19.3 Å². The molecule has 3 atom stereocenters. The maximum absolute atomic E-state index is 12.9. The second-order valence-electron chi connectivity index (χ2n) is 19.4. The van der Waals surface area contributed by atoms with Gasteiger partial charge in [0.05, 0.1) is 19.8 Å². The van der Waals surface area contributed by atoms with Crippen LogP contribution in [-0.4, -0.2) is 66.5 Å². The Balaban J connectivity index is 4.75. The lowest BCUT2D eigenvalue weighted by Crippen LogP contribution is -2.30. The van der Waals surface area contributed by atoms with Crippen LogP contribution < -0.4 is 0 Å². The molecule has 0 saturated carbocycles. The molecule has 0 radical (unpaired) electrons. The Morgan fingerprint density at radius 3 is 1.12 bits per heavy atom. The molecule has 0 spiro atoms. The van der Waals surface area contributed by atoms with Crippen molar-refractivity contribution in [2.45, 2.75) is 277 Å². The fourth-order valence-corrected chi connectivity index (χ4v) is 8.67. The van der Waals surface area contributed by atoms with E-state index >= 15 is 0 Å². The minimum absolute atomic E-state index is 0.150. The van der Waals surface area contributed by atoms with Gasteiger partial charge in [-0.1, -0.05) is 204 Å². The maximum atomic E-state index is 12.9. The lowest BCUT2D eigenvalue weighted by atomic mass is 10.1. The van der Waals surface area contributed by atoms with Gasteiger partial charge in [-0.15, -0.1) is 0 Å². The highest BCUT2D eigenvalue weighted by Gasteiger charge is 2.28. The summed E-state index contributed by atoms with van der Waals surface area (Å²) in [6, 6.07) is 0. The molecule has 11 nitrogen and oxygen atoms in total. The van der Waals surface area contributed by atoms with Crippen molar-refractivity contribution >= 4 is 25.7 Å². The van der Waals surface area contributed by atoms with Crippen molar-refractivity contribution in [3.63, 3.8) is 0 Å². The second-order valence-corrected chi connectivity index (χ2v) is 20.9. The van der Waals surface area contributed by atoms with Gasteiger partial charge in [-0.3, -0.25) is 23.4 Å². The Morgan fingerprint density at radius 1 is 0.389 bits per heavy atom. The third kappa shape index (κ3) is 52.1. The molecule has 72 heavy (non-hydrogen) atoms. The molecule has 0 saturated heterocycles. The van der Waals surface area contributed by atoms with Crippen LogP contribution in [0.4, 0.5) is 0 Å². The number of phosphoric acid groups is 1. The number of carbonyl (C=O) groups is 3. The molecule has 0 bridgehead atoms. The Bertz CT molecular complexity index is 1440. The molecule has 418 valence electrons. The highest BCUT2D eigenvalue weighted by Crippen LogP contribution is 2.43. The van der Waals surface area contributed by atoms with E-state index in [4.69, 9.17) is 23.3 Å². The first-order valence-electron chi connectivity index (χ1n) is 29.2. The SMILES string of the molecule is CCC/C=C\C/C=C\CCCCCCCC(=O)OC(CO)COP(=O)(O)OCC(COC(=O)CCCCCCCCC/C=C\CCCCCCCC)OC(=O)CCCCCCC/C=C\C/C=C\CCCCC. The smallest absolute Gasteiger partial charge is 0.462 e. The zero-order chi connectivity index (χ0) is 52.7. The van der Waals surface area contributed by atoms with Gasteiger partial charge in [-0.05, 0) is 103 Å². The fraction of sp³-hybridized carbons (Fsp3) is 0.783. The number of unbranched alkanes of at least 4 members (excludes halogenated alkanes) is 27. The number of aliphatic hydroxyl groups excluding tert-OH is 1. The van der Waals surface area contributed by atoms with E-state index in [-0.39, 0.29) is 25.9 Å². The van der Waals surface area contributed by atoms with Gasteiger partial charge in [0.1, 0.15) is 12.7 Å². The third-order valence-electron chi connectivity index (χ3n) is 12.4. The minimum atomic E-state index is -4.75. The standard InChI is InChI=1S/C60H107O11P/c1-4-7-10-13-16-19-22-25-27-28-30-32-34-37-40-43-46-49-58(62)67-53-57(71-60(64)51-48-45-42-39-36-33-29-26-23-20-17-14-11-8-5-2)55-69-72(65,66)68-54-56(52-61)70-59(63)50-47-44-41-38-35-31-24-21-18-15-12-9-6-3/h12,15,17,20-21,24-27,29,56-57,61H,4-11,13-14,16,18-19,22-23,28,30-55H2,1-3H3,(H,65,66)/b15-12-,20-17-,24-21-,27-25-,29-26-. The predicted octanol–water partition coefficient (Wildman–Crippen LogP) is 17.1. The maximum Gasteiger partial charge on any atom is 0.472 e. The van der Waals surface area contributed by atoms with E-state index < -0.39 is 57.8 Å². The van der Waals surface area contributed by atoms with Gasteiger partial charge in [0.2, 0.25) is 0 Å². The molecule has 0 aliphatic carbocycles. The summed E-state index contributed by atoms with van der Waals surface area (Å²) in [7, 11) is -4.75. The lowest BCUT2D eigenvalue weighted by molar-refractivity contribution is -0.161. The van der Waals surface area contributed by atoms with Crippen LogP contribution in [0.25, 0.3) is 0 Å². The quantitative estimate of drug-likeness (QED) is 0.0197. The summed E-state index contributed by atoms with van der Waals surface area (Å²) in [6.45, 7) is 4.53. The van der Waals surface area contributed by atoms with Gasteiger partial charge in [-0.2, -0.15) is 0 Å². The van der Waals surface area contributed by atoms with E-state index in [9.17, 15) is 28.9 Å². The molecule has 0 rings (SSSR count). The summed E-state index contributed by atoms with van der Waals surface area (Å²) in [5.74, 6) is -1.49. The van der Waals surface area contributed by atoms with Crippen molar-refractivity contribution in [3.05, 3.63) is 60.8 Å². The molecule has 0 aromatic rings. The van der Waals surface area contributed by atoms with Gasteiger partial charge in [-0.25, -0.2) is 4.57 Å². The number of aliphatic hydroxyl groups is 1. The lowest BCUT2D eigenvalue weighted by Gasteiger charge is -2.21. The van der Waals surface area contributed by atoms with Crippen LogP contribution >= 0.6 is 7.82 Å². The number of rotatable bonds is 54. The van der Waals surface area contributed by atoms with E-state index in [0.717, 1.165) is 116 Å². The normalized spacial score (nSPS) is 13.8. The molecule has 0 heterocycles. The van der Waals surface area contributed by atoms with Gasteiger partial charge in [0.15, 0.2) is 6.10 Å². The number of carbonyl (C=O) groups excluding carboxylic acids is 3.